The first kappa shape index (κ1) is 14.8. The average molecular weight is 253 g/mol. The van der Waals surface area contributed by atoms with E-state index in [2.05, 4.69) is 31.1 Å². The quantitative estimate of drug-likeness (QED) is 0.716. The number of hydrogen-bond donors (Lipinski definition) is 1. The van der Waals surface area contributed by atoms with Gasteiger partial charge in [-0.15, -0.1) is 5.10 Å². The zero-order valence-corrected chi connectivity index (χ0v) is 11.5. The van der Waals surface area contributed by atoms with Crippen LogP contribution in [-0.4, -0.2) is 33.0 Å². The molecule has 0 bridgehead atoms. The second-order valence-corrected chi connectivity index (χ2v) is 5.27. The normalized spacial score (nSPS) is 12.9. The van der Waals surface area contributed by atoms with Gasteiger partial charge in [0.2, 0.25) is 0 Å². The molecule has 0 aromatic carbocycles. The van der Waals surface area contributed by atoms with E-state index in [1.54, 1.807) is 0 Å². The van der Waals surface area contributed by atoms with Crippen molar-refractivity contribution in [2.24, 2.45) is 11.8 Å². The lowest BCUT2D eigenvalue weighted by atomic mass is 10.0. The van der Waals surface area contributed by atoms with E-state index in [4.69, 9.17) is 5.11 Å². The molecule has 0 saturated carbocycles. The molecule has 1 rings (SSSR count). The van der Waals surface area contributed by atoms with Gasteiger partial charge in [0, 0.05) is 13.2 Å². The van der Waals surface area contributed by atoms with Crippen LogP contribution in [0.1, 0.15) is 49.8 Å². The third kappa shape index (κ3) is 4.22. The van der Waals surface area contributed by atoms with Crippen molar-refractivity contribution in [3.8, 4) is 0 Å². The summed E-state index contributed by atoms with van der Waals surface area (Å²) in [6.07, 6.45) is 3.35. The van der Waals surface area contributed by atoms with Gasteiger partial charge < -0.3 is 5.11 Å². The average Bonchev–Trinajstić information content (AvgIpc) is 2.68. The Balaban J connectivity index is 2.77. The minimum Gasteiger partial charge on any atom is -0.396 e. The number of aromatic nitrogens is 3. The molecule has 1 aromatic rings. The van der Waals surface area contributed by atoms with Crippen LogP contribution in [0.25, 0.3) is 0 Å². The van der Waals surface area contributed by atoms with E-state index in [1.807, 2.05) is 4.68 Å². The third-order valence-electron chi connectivity index (χ3n) is 3.04. The molecule has 1 unspecified atom stereocenters. The van der Waals surface area contributed by atoms with Gasteiger partial charge in [-0.3, -0.25) is 4.79 Å². The molecule has 102 valence electrons. The van der Waals surface area contributed by atoms with Crippen LogP contribution in [0.3, 0.4) is 0 Å². The van der Waals surface area contributed by atoms with E-state index in [1.165, 1.54) is 0 Å². The van der Waals surface area contributed by atoms with Gasteiger partial charge in [0.05, 0.1) is 5.69 Å². The van der Waals surface area contributed by atoms with Gasteiger partial charge in [-0.05, 0) is 31.1 Å². The molecule has 0 amide bonds. The highest BCUT2D eigenvalue weighted by Crippen LogP contribution is 2.13. The summed E-state index contributed by atoms with van der Waals surface area (Å²) < 4.78 is 1.81. The minimum atomic E-state index is 0.178. The molecular weight excluding hydrogens is 230 g/mol. The molecule has 1 aromatic heterocycles. The molecule has 18 heavy (non-hydrogen) atoms. The van der Waals surface area contributed by atoms with Gasteiger partial charge in [-0.1, -0.05) is 26.0 Å². The van der Waals surface area contributed by atoms with Crippen LogP contribution in [0.5, 0.6) is 0 Å². The van der Waals surface area contributed by atoms with E-state index in [0.29, 0.717) is 24.1 Å². The largest absolute Gasteiger partial charge is 0.396 e. The summed E-state index contributed by atoms with van der Waals surface area (Å²) in [5.74, 6) is 0.914. The fourth-order valence-electron chi connectivity index (χ4n) is 1.87. The van der Waals surface area contributed by atoms with Crippen molar-refractivity contribution in [3.05, 3.63) is 11.4 Å². The maximum absolute atomic E-state index is 10.9. The Hall–Kier alpha value is -1.23. The third-order valence-corrected chi connectivity index (χ3v) is 3.04. The van der Waals surface area contributed by atoms with Crippen LogP contribution in [0.15, 0.2) is 0 Å². The van der Waals surface area contributed by atoms with Crippen molar-refractivity contribution in [3.63, 3.8) is 0 Å². The topological polar surface area (TPSA) is 68.0 Å². The summed E-state index contributed by atoms with van der Waals surface area (Å²) in [7, 11) is 0. The standard InChI is InChI=1S/C13H23N3O2/c1-10(2)4-5-13-12(9-18)14-15-16(13)8-11(3)6-7-17/h9-11,17H,4-8H2,1-3H3. The van der Waals surface area contributed by atoms with Crippen molar-refractivity contribution in [2.45, 2.75) is 46.6 Å². The van der Waals surface area contributed by atoms with Crippen LogP contribution in [-0.2, 0) is 13.0 Å². The Morgan fingerprint density at radius 2 is 2.06 bits per heavy atom. The van der Waals surface area contributed by atoms with E-state index in [9.17, 15) is 4.79 Å². The van der Waals surface area contributed by atoms with Gasteiger partial charge >= 0.3 is 0 Å². The second-order valence-electron chi connectivity index (χ2n) is 5.27. The molecule has 0 fully saturated rings. The Bertz CT molecular complexity index is 374. The summed E-state index contributed by atoms with van der Waals surface area (Å²) in [5.41, 5.74) is 1.37. The van der Waals surface area contributed by atoms with E-state index < -0.39 is 0 Å². The molecule has 1 N–H and O–H groups in total. The molecule has 0 saturated heterocycles. The zero-order chi connectivity index (χ0) is 13.5. The molecule has 0 aliphatic rings. The Kier molecular flexibility index (Phi) is 5.98. The molecule has 0 aliphatic heterocycles. The summed E-state index contributed by atoms with van der Waals surface area (Å²) in [6, 6.07) is 0. The Morgan fingerprint density at radius 1 is 1.33 bits per heavy atom. The maximum atomic E-state index is 10.9. The lowest BCUT2D eigenvalue weighted by Crippen LogP contribution is -2.14. The highest BCUT2D eigenvalue weighted by molar-refractivity contribution is 5.73. The fraction of sp³-hybridized carbons (Fsp3) is 0.769. The lowest BCUT2D eigenvalue weighted by Gasteiger charge is -2.12. The van der Waals surface area contributed by atoms with Crippen molar-refractivity contribution >= 4 is 6.29 Å². The molecule has 5 heteroatoms. The summed E-state index contributed by atoms with van der Waals surface area (Å²) in [4.78, 5) is 10.9. The molecule has 0 spiro atoms. The smallest absolute Gasteiger partial charge is 0.172 e. The summed E-state index contributed by atoms with van der Waals surface area (Å²) >= 11 is 0. The van der Waals surface area contributed by atoms with Crippen LogP contribution in [0.4, 0.5) is 0 Å². The van der Waals surface area contributed by atoms with Gasteiger partial charge in [0.1, 0.15) is 5.69 Å². The van der Waals surface area contributed by atoms with Gasteiger partial charge in [-0.25, -0.2) is 4.68 Å². The Labute approximate surface area is 108 Å². The van der Waals surface area contributed by atoms with Crippen molar-refractivity contribution in [2.75, 3.05) is 6.61 Å². The van der Waals surface area contributed by atoms with Crippen LogP contribution in [0.2, 0.25) is 0 Å². The van der Waals surface area contributed by atoms with Crippen LogP contribution >= 0.6 is 0 Å². The second kappa shape index (κ2) is 7.26. The predicted molar refractivity (Wildman–Crippen MR) is 69.4 cm³/mol. The van der Waals surface area contributed by atoms with Crippen LogP contribution < -0.4 is 0 Å². The van der Waals surface area contributed by atoms with E-state index in [-0.39, 0.29) is 6.61 Å². The highest BCUT2D eigenvalue weighted by atomic mass is 16.3. The highest BCUT2D eigenvalue weighted by Gasteiger charge is 2.14. The molecule has 1 atom stereocenters. The maximum Gasteiger partial charge on any atom is 0.172 e. The number of aliphatic hydroxyl groups is 1. The van der Waals surface area contributed by atoms with E-state index in [0.717, 1.165) is 31.2 Å². The number of carbonyl (C=O) groups excluding carboxylic acids is 1. The number of carbonyl (C=O) groups is 1. The number of hydrogen-bond acceptors (Lipinski definition) is 4. The predicted octanol–water partition coefficient (Wildman–Crippen LogP) is 1.70. The SMILES string of the molecule is CC(C)CCc1c(C=O)nnn1CC(C)CCO. The fourth-order valence-corrected chi connectivity index (χ4v) is 1.87. The number of aliphatic hydroxyl groups excluding tert-OH is 1. The molecule has 0 radical (unpaired) electrons. The number of rotatable bonds is 8. The van der Waals surface area contributed by atoms with Gasteiger partial charge in [0.25, 0.3) is 0 Å². The first-order valence-corrected chi connectivity index (χ1v) is 6.56. The number of nitrogens with zero attached hydrogens (tertiary/aromatic N) is 3. The molecule has 0 aliphatic carbocycles. The molecule has 1 heterocycles. The lowest BCUT2D eigenvalue weighted by molar-refractivity contribution is 0.111. The van der Waals surface area contributed by atoms with Crippen molar-refractivity contribution in [1.82, 2.24) is 15.0 Å². The summed E-state index contributed by atoms with van der Waals surface area (Å²) in [5, 5.41) is 16.9. The van der Waals surface area contributed by atoms with Gasteiger partial charge in [0.15, 0.2) is 6.29 Å². The molecule has 5 nitrogen and oxygen atoms in total. The van der Waals surface area contributed by atoms with Crippen molar-refractivity contribution < 1.29 is 9.90 Å². The Morgan fingerprint density at radius 3 is 2.61 bits per heavy atom. The van der Waals surface area contributed by atoms with Gasteiger partial charge in [-0.2, -0.15) is 0 Å². The monoisotopic (exact) mass is 253 g/mol. The number of aldehydes is 1. The first-order chi connectivity index (χ1) is 8.58. The molecular formula is C13H23N3O2. The van der Waals surface area contributed by atoms with Crippen LogP contribution in [0, 0.1) is 11.8 Å². The summed E-state index contributed by atoms with van der Waals surface area (Å²) in [6.45, 7) is 7.25. The minimum absolute atomic E-state index is 0.178. The van der Waals surface area contributed by atoms with E-state index >= 15 is 0 Å². The first-order valence-electron chi connectivity index (χ1n) is 6.56. The van der Waals surface area contributed by atoms with Crippen molar-refractivity contribution in [1.29, 1.82) is 0 Å². The zero-order valence-electron chi connectivity index (χ0n) is 11.5.